The number of aryl methyl sites for hydroxylation is 1. The van der Waals surface area contributed by atoms with Gasteiger partial charge in [0, 0.05) is 24.8 Å². The molecule has 9 nitrogen and oxygen atoms in total. The number of thiazole rings is 2. The van der Waals surface area contributed by atoms with Gasteiger partial charge in [-0.25, -0.2) is 9.97 Å². The average molecular weight is 496 g/mol. The van der Waals surface area contributed by atoms with Crippen molar-refractivity contribution in [2.75, 3.05) is 42.1 Å². The molecule has 0 aliphatic carbocycles. The minimum atomic E-state index is -0.165. The number of anilines is 3. The lowest BCUT2D eigenvalue weighted by Crippen LogP contribution is -2.39. The zero-order valence-corrected chi connectivity index (χ0v) is 20.4. The van der Waals surface area contributed by atoms with Crippen molar-refractivity contribution in [3.63, 3.8) is 0 Å². The van der Waals surface area contributed by atoms with Gasteiger partial charge in [0.25, 0.3) is 0 Å². The third-order valence-corrected chi connectivity index (χ3v) is 7.64. The summed E-state index contributed by atoms with van der Waals surface area (Å²) >= 11 is 3.04. The van der Waals surface area contributed by atoms with Crippen molar-refractivity contribution in [1.82, 2.24) is 19.9 Å². The predicted octanol–water partition coefficient (Wildman–Crippen LogP) is 4.08. The smallest absolute Gasteiger partial charge is 0.243 e. The lowest BCUT2D eigenvalue weighted by atomic mass is 10.1. The first-order valence-electron chi connectivity index (χ1n) is 11.2. The molecule has 4 aromatic rings. The van der Waals surface area contributed by atoms with E-state index in [0.717, 1.165) is 57.1 Å². The lowest BCUT2D eigenvalue weighted by molar-refractivity contribution is -0.130. The van der Waals surface area contributed by atoms with Crippen LogP contribution in [0.25, 0.3) is 20.4 Å². The number of carbonyl (C=O) groups is 2. The summed E-state index contributed by atoms with van der Waals surface area (Å²) in [6.45, 7) is 4.08. The van der Waals surface area contributed by atoms with E-state index in [9.17, 15) is 9.59 Å². The Morgan fingerprint density at radius 2 is 1.68 bits per heavy atom. The second-order valence-corrected chi connectivity index (χ2v) is 10.2. The highest BCUT2D eigenvalue weighted by Crippen LogP contribution is 2.36. The molecule has 0 spiro atoms. The third-order valence-electron chi connectivity index (χ3n) is 5.72. The van der Waals surface area contributed by atoms with E-state index in [0.29, 0.717) is 10.8 Å². The number of carbonyl (C=O) groups excluding carboxylic acids is 2. The van der Waals surface area contributed by atoms with E-state index in [4.69, 9.17) is 4.98 Å². The van der Waals surface area contributed by atoms with Gasteiger partial charge >= 0.3 is 0 Å². The maximum absolute atomic E-state index is 12.4. The predicted molar refractivity (Wildman–Crippen MR) is 138 cm³/mol. The molecule has 1 saturated heterocycles. The topological polar surface area (TPSA) is 112 Å². The molecule has 34 heavy (non-hydrogen) atoms. The van der Waals surface area contributed by atoms with Crippen LogP contribution in [0.1, 0.15) is 24.8 Å². The molecule has 0 radical (unpaired) electrons. The summed E-state index contributed by atoms with van der Waals surface area (Å²) in [7, 11) is 0. The van der Waals surface area contributed by atoms with Crippen molar-refractivity contribution in [2.45, 2.75) is 26.2 Å². The van der Waals surface area contributed by atoms with Crippen molar-refractivity contribution >= 4 is 70.9 Å². The molecule has 1 aromatic carbocycles. The molecular weight excluding hydrogens is 470 g/mol. The molecular formula is C23H25N7O2S2. The van der Waals surface area contributed by atoms with Crippen LogP contribution in [0, 0.1) is 6.92 Å². The number of nitrogens with one attached hydrogen (secondary N) is 3. The molecule has 0 bridgehead atoms. The van der Waals surface area contributed by atoms with Gasteiger partial charge in [0.2, 0.25) is 11.8 Å². The van der Waals surface area contributed by atoms with Crippen LogP contribution in [-0.2, 0) is 9.59 Å². The van der Waals surface area contributed by atoms with Crippen LogP contribution >= 0.6 is 22.7 Å². The maximum Gasteiger partial charge on any atom is 0.243 e. The zero-order valence-electron chi connectivity index (χ0n) is 18.8. The Bertz CT molecular complexity index is 1330. The van der Waals surface area contributed by atoms with E-state index >= 15 is 0 Å². The molecule has 0 unspecified atom stereocenters. The molecule has 2 amide bonds. The van der Waals surface area contributed by atoms with Crippen molar-refractivity contribution < 1.29 is 9.59 Å². The molecule has 3 aromatic heterocycles. The van der Waals surface area contributed by atoms with Gasteiger partial charge in [-0.3, -0.25) is 14.6 Å². The van der Waals surface area contributed by atoms with Crippen LogP contribution in [0.4, 0.5) is 16.0 Å². The fraction of sp³-hybridized carbons (Fsp3) is 0.348. The van der Waals surface area contributed by atoms with Gasteiger partial charge < -0.3 is 20.9 Å². The zero-order chi connectivity index (χ0) is 23.5. The number of fused-ring (bicyclic) bond motifs is 2. The molecule has 1 aliphatic rings. The molecule has 5 rings (SSSR count). The maximum atomic E-state index is 12.4. The third kappa shape index (κ3) is 4.95. The number of pyridine rings is 1. The first kappa shape index (κ1) is 22.5. The second kappa shape index (κ2) is 9.90. The van der Waals surface area contributed by atoms with E-state index in [1.54, 1.807) is 24.5 Å². The van der Waals surface area contributed by atoms with Crippen LogP contribution in [0.15, 0.2) is 30.6 Å². The number of hydrogen-bond acceptors (Lipinski definition) is 9. The highest BCUT2D eigenvalue weighted by atomic mass is 32.1. The molecule has 1 aliphatic heterocycles. The Kier molecular flexibility index (Phi) is 6.54. The van der Waals surface area contributed by atoms with Gasteiger partial charge in [0.1, 0.15) is 0 Å². The number of piperidine rings is 1. The van der Waals surface area contributed by atoms with E-state index in [1.807, 2.05) is 11.8 Å². The van der Waals surface area contributed by atoms with Crippen LogP contribution in [0.5, 0.6) is 0 Å². The summed E-state index contributed by atoms with van der Waals surface area (Å²) in [6, 6.07) is 5.64. The molecule has 11 heteroatoms. The van der Waals surface area contributed by atoms with E-state index in [2.05, 4.69) is 32.0 Å². The Hall–Kier alpha value is -3.31. The minimum Gasteiger partial charge on any atom is -0.352 e. The van der Waals surface area contributed by atoms with Gasteiger partial charge in [0.05, 0.1) is 45.4 Å². The Balaban J connectivity index is 1.24. The summed E-state index contributed by atoms with van der Waals surface area (Å²) in [6.07, 6.45) is 6.63. The largest absolute Gasteiger partial charge is 0.352 e. The summed E-state index contributed by atoms with van der Waals surface area (Å²) in [4.78, 5) is 40.0. The highest BCUT2D eigenvalue weighted by Gasteiger charge is 2.18. The van der Waals surface area contributed by atoms with Crippen molar-refractivity contribution in [2.24, 2.45) is 0 Å². The second-order valence-electron chi connectivity index (χ2n) is 8.17. The number of benzene rings is 1. The van der Waals surface area contributed by atoms with Gasteiger partial charge in [-0.1, -0.05) is 22.7 Å². The fourth-order valence-corrected chi connectivity index (χ4v) is 5.98. The molecule has 0 saturated carbocycles. The molecule has 3 N–H and O–H groups in total. The summed E-state index contributed by atoms with van der Waals surface area (Å²) in [5.74, 6) is -0.0388. The quantitative estimate of drug-likeness (QED) is 0.354. The van der Waals surface area contributed by atoms with Gasteiger partial charge in [-0.2, -0.15) is 0 Å². The van der Waals surface area contributed by atoms with Crippen LogP contribution in [0.3, 0.4) is 0 Å². The van der Waals surface area contributed by atoms with Crippen LogP contribution in [0.2, 0.25) is 0 Å². The van der Waals surface area contributed by atoms with Crippen molar-refractivity contribution in [1.29, 1.82) is 0 Å². The summed E-state index contributed by atoms with van der Waals surface area (Å²) in [5, 5.41) is 10.5. The van der Waals surface area contributed by atoms with Gasteiger partial charge in [0.15, 0.2) is 10.3 Å². The van der Waals surface area contributed by atoms with Gasteiger partial charge in [-0.05, 0) is 44.4 Å². The van der Waals surface area contributed by atoms with E-state index < -0.39 is 0 Å². The highest BCUT2D eigenvalue weighted by molar-refractivity contribution is 7.24. The number of aromatic nitrogens is 3. The number of amides is 2. The van der Waals surface area contributed by atoms with Crippen molar-refractivity contribution in [3.8, 4) is 0 Å². The number of nitrogens with zero attached hydrogens (tertiary/aromatic N) is 4. The number of hydrogen-bond donors (Lipinski definition) is 3. The molecule has 176 valence electrons. The standard InChI is InChI=1S/C23H25N7O2S2/c1-14-20-16(33-22(28-20)25-12-18(31)27-15-6-5-7-24-11-15)10-17-21(14)29-23(34-17)26-13-19(32)30-8-3-2-4-9-30/h5-7,10-11H,2-4,8-9,12-13H2,1H3,(H,25,28)(H,26,29)(H,27,31). The number of rotatable bonds is 7. The minimum absolute atomic E-state index is 0.111. The molecule has 4 heterocycles. The molecule has 1 fully saturated rings. The monoisotopic (exact) mass is 495 g/mol. The average Bonchev–Trinajstić information content (AvgIpc) is 3.47. The lowest BCUT2D eigenvalue weighted by Gasteiger charge is -2.26. The SMILES string of the molecule is Cc1c2nc(NCC(=O)Nc3cccnc3)sc2cc2sc(NCC(=O)N3CCCCC3)nc12. The van der Waals surface area contributed by atoms with Crippen LogP contribution in [-0.4, -0.2) is 57.8 Å². The molecule has 0 atom stereocenters. The summed E-state index contributed by atoms with van der Waals surface area (Å²) < 4.78 is 2.07. The first-order valence-corrected chi connectivity index (χ1v) is 12.9. The normalized spacial score (nSPS) is 13.9. The van der Waals surface area contributed by atoms with Crippen molar-refractivity contribution in [3.05, 3.63) is 36.2 Å². The van der Waals surface area contributed by atoms with Crippen LogP contribution < -0.4 is 16.0 Å². The summed E-state index contributed by atoms with van der Waals surface area (Å²) in [5.41, 5.74) is 3.40. The van der Waals surface area contributed by atoms with Gasteiger partial charge in [-0.15, -0.1) is 0 Å². The Labute approximate surface area is 204 Å². The van der Waals surface area contributed by atoms with E-state index in [-0.39, 0.29) is 24.9 Å². The van der Waals surface area contributed by atoms with E-state index in [1.165, 1.54) is 29.1 Å². The first-order chi connectivity index (χ1) is 16.6. The Morgan fingerprint density at radius 1 is 1.00 bits per heavy atom. The number of likely N-dealkylation sites (tertiary alicyclic amines) is 1. The Morgan fingerprint density at radius 3 is 2.32 bits per heavy atom. The fourth-order valence-electron chi connectivity index (χ4n) is 3.98.